The molecule has 0 radical (unpaired) electrons. The third-order valence-corrected chi connectivity index (χ3v) is 4.88. The summed E-state index contributed by atoms with van der Waals surface area (Å²) in [6.45, 7) is 8.25. The Bertz CT molecular complexity index is 326. The van der Waals surface area contributed by atoms with E-state index < -0.39 is 10.2 Å². The molecular weight excluding hydrogens is 252 g/mol. The molecule has 0 aromatic carbocycles. The summed E-state index contributed by atoms with van der Waals surface area (Å²) in [4.78, 5) is 2.21. The van der Waals surface area contributed by atoms with Crippen molar-refractivity contribution >= 4 is 10.2 Å². The minimum atomic E-state index is -3.28. The van der Waals surface area contributed by atoms with Crippen LogP contribution in [0.25, 0.3) is 0 Å². The van der Waals surface area contributed by atoms with E-state index in [2.05, 4.69) is 35.8 Å². The zero-order valence-electron chi connectivity index (χ0n) is 11.6. The van der Waals surface area contributed by atoms with Crippen molar-refractivity contribution in [2.24, 2.45) is 0 Å². The van der Waals surface area contributed by atoms with Crippen molar-refractivity contribution in [3.63, 3.8) is 0 Å². The molecule has 0 aliphatic carbocycles. The summed E-state index contributed by atoms with van der Waals surface area (Å²) in [6.07, 6.45) is 0.833. The first kappa shape index (κ1) is 15.8. The van der Waals surface area contributed by atoms with Gasteiger partial charge in [0.1, 0.15) is 0 Å². The van der Waals surface area contributed by atoms with E-state index in [9.17, 15) is 8.42 Å². The first-order valence-corrected chi connectivity index (χ1v) is 8.03. The van der Waals surface area contributed by atoms with Crippen molar-refractivity contribution < 1.29 is 8.42 Å². The van der Waals surface area contributed by atoms with E-state index in [0.717, 1.165) is 26.1 Å². The van der Waals surface area contributed by atoms with Gasteiger partial charge in [0.2, 0.25) is 0 Å². The molecule has 0 amide bonds. The van der Waals surface area contributed by atoms with Crippen LogP contribution in [-0.2, 0) is 10.2 Å². The van der Waals surface area contributed by atoms with Gasteiger partial charge in [-0.05, 0) is 33.9 Å². The molecule has 1 saturated heterocycles. The SMILES string of the molecule is CC(C)N(C)CCCNS(=O)(=O)N1CCNCC1. The summed E-state index contributed by atoms with van der Waals surface area (Å²) in [5.74, 6) is 0. The van der Waals surface area contributed by atoms with Gasteiger partial charge in [0.25, 0.3) is 10.2 Å². The number of hydrogen-bond acceptors (Lipinski definition) is 4. The van der Waals surface area contributed by atoms with E-state index in [1.54, 1.807) is 0 Å². The van der Waals surface area contributed by atoms with E-state index in [4.69, 9.17) is 0 Å². The maximum atomic E-state index is 11.9. The summed E-state index contributed by atoms with van der Waals surface area (Å²) in [6, 6.07) is 0.495. The van der Waals surface area contributed by atoms with Gasteiger partial charge in [-0.2, -0.15) is 12.7 Å². The fourth-order valence-electron chi connectivity index (χ4n) is 1.76. The Morgan fingerprint density at radius 2 is 1.94 bits per heavy atom. The number of nitrogens with one attached hydrogen (secondary N) is 2. The molecule has 18 heavy (non-hydrogen) atoms. The van der Waals surface area contributed by atoms with Crippen LogP contribution >= 0.6 is 0 Å². The molecule has 1 fully saturated rings. The van der Waals surface area contributed by atoms with Crippen LogP contribution < -0.4 is 10.0 Å². The monoisotopic (exact) mass is 278 g/mol. The summed E-state index contributed by atoms with van der Waals surface area (Å²) in [5, 5.41) is 3.14. The highest BCUT2D eigenvalue weighted by molar-refractivity contribution is 7.87. The summed E-state index contributed by atoms with van der Waals surface area (Å²) >= 11 is 0. The summed E-state index contributed by atoms with van der Waals surface area (Å²) in [7, 11) is -1.23. The Kier molecular flexibility index (Phi) is 6.51. The quantitative estimate of drug-likeness (QED) is 0.614. The second-order valence-corrected chi connectivity index (χ2v) is 6.73. The summed E-state index contributed by atoms with van der Waals surface area (Å²) in [5.41, 5.74) is 0. The Morgan fingerprint density at radius 1 is 1.33 bits per heavy atom. The van der Waals surface area contributed by atoms with Crippen LogP contribution in [0.15, 0.2) is 0 Å². The molecule has 1 heterocycles. The lowest BCUT2D eigenvalue weighted by Crippen LogP contribution is -2.50. The second-order valence-electron chi connectivity index (χ2n) is 4.98. The van der Waals surface area contributed by atoms with Crippen LogP contribution in [0, 0.1) is 0 Å². The molecule has 1 aliphatic heterocycles. The zero-order chi connectivity index (χ0) is 13.6. The molecular formula is C11H26N4O2S. The van der Waals surface area contributed by atoms with Gasteiger partial charge in [-0.3, -0.25) is 0 Å². The molecule has 1 rings (SSSR count). The molecule has 0 atom stereocenters. The van der Waals surface area contributed by atoms with Gasteiger partial charge in [-0.1, -0.05) is 0 Å². The van der Waals surface area contributed by atoms with E-state index >= 15 is 0 Å². The molecule has 0 spiro atoms. The Labute approximate surface area is 111 Å². The highest BCUT2D eigenvalue weighted by Gasteiger charge is 2.22. The van der Waals surface area contributed by atoms with Gasteiger partial charge >= 0.3 is 0 Å². The Balaban J connectivity index is 2.25. The molecule has 0 unspecified atom stereocenters. The first-order chi connectivity index (χ1) is 8.43. The molecule has 0 bridgehead atoms. The Hall–Kier alpha value is -0.210. The average Bonchev–Trinajstić information content (AvgIpc) is 2.35. The zero-order valence-corrected chi connectivity index (χ0v) is 12.5. The minimum absolute atomic E-state index is 0.495. The lowest BCUT2D eigenvalue weighted by atomic mass is 10.3. The van der Waals surface area contributed by atoms with Crippen molar-refractivity contribution in [2.45, 2.75) is 26.3 Å². The van der Waals surface area contributed by atoms with Gasteiger partial charge in [0.05, 0.1) is 0 Å². The largest absolute Gasteiger partial charge is 0.314 e. The summed E-state index contributed by atoms with van der Waals surface area (Å²) < 4.78 is 28.1. The van der Waals surface area contributed by atoms with Gasteiger partial charge in [-0.15, -0.1) is 0 Å². The number of rotatable bonds is 7. The van der Waals surface area contributed by atoms with Crippen molar-refractivity contribution in [3.05, 3.63) is 0 Å². The lowest BCUT2D eigenvalue weighted by Gasteiger charge is -2.27. The molecule has 0 aromatic heterocycles. The highest BCUT2D eigenvalue weighted by atomic mass is 32.2. The molecule has 1 aliphatic rings. The topological polar surface area (TPSA) is 64.7 Å². The van der Waals surface area contributed by atoms with Crippen LogP contribution in [0.2, 0.25) is 0 Å². The minimum Gasteiger partial charge on any atom is -0.314 e. The van der Waals surface area contributed by atoms with E-state index in [1.807, 2.05) is 0 Å². The van der Waals surface area contributed by atoms with Crippen LogP contribution in [0.5, 0.6) is 0 Å². The maximum Gasteiger partial charge on any atom is 0.279 e. The molecule has 0 saturated carbocycles. The predicted octanol–water partition coefficient (Wildman–Crippen LogP) is -0.544. The van der Waals surface area contributed by atoms with Crippen molar-refractivity contribution in [2.75, 3.05) is 46.3 Å². The van der Waals surface area contributed by atoms with Crippen LogP contribution in [0.3, 0.4) is 0 Å². The van der Waals surface area contributed by atoms with Gasteiger partial charge < -0.3 is 10.2 Å². The van der Waals surface area contributed by atoms with Gasteiger partial charge in [0.15, 0.2) is 0 Å². The fraction of sp³-hybridized carbons (Fsp3) is 1.00. The van der Waals surface area contributed by atoms with Crippen LogP contribution in [0.4, 0.5) is 0 Å². The van der Waals surface area contributed by atoms with Crippen LogP contribution in [-0.4, -0.2) is 70.0 Å². The molecule has 6 nitrogen and oxygen atoms in total. The predicted molar refractivity (Wildman–Crippen MR) is 73.7 cm³/mol. The normalized spacial score (nSPS) is 18.7. The van der Waals surface area contributed by atoms with E-state index in [-0.39, 0.29) is 0 Å². The second kappa shape index (κ2) is 7.40. The van der Waals surface area contributed by atoms with Gasteiger partial charge in [0, 0.05) is 38.8 Å². The maximum absolute atomic E-state index is 11.9. The number of piperazine rings is 1. The smallest absolute Gasteiger partial charge is 0.279 e. The number of hydrogen-bond donors (Lipinski definition) is 2. The van der Waals surface area contributed by atoms with E-state index in [1.165, 1.54) is 4.31 Å². The standard InChI is InChI=1S/C11H26N4O2S/c1-11(2)14(3)8-4-5-13-18(16,17)15-9-6-12-7-10-15/h11-13H,4-10H2,1-3H3. The molecule has 7 heteroatoms. The highest BCUT2D eigenvalue weighted by Crippen LogP contribution is 2.00. The lowest BCUT2D eigenvalue weighted by molar-refractivity contribution is 0.270. The third kappa shape index (κ3) is 5.19. The third-order valence-electron chi connectivity index (χ3n) is 3.27. The first-order valence-electron chi connectivity index (χ1n) is 6.59. The fourth-order valence-corrected chi connectivity index (χ4v) is 3.01. The van der Waals surface area contributed by atoms with Crippen molar-refractivity contribution in [1.82, 2.24) is 19.2 Å². The van der Waals surface area contributed by atoms with Crippen molar-refractivity contribution in [3.8, 4) is 0 Å². The average molecular weight is 278 g/mol. The number of nitrogens with zero attached hydrogens (tertiary/aromatic N) is 2. The molecule has 2 N–H and O–H groups in total. The van der Waals surface area contributed by atoms with E-state index in [0.29, 0.717) is 25.7 Å². The van der Waals surface area contributed by atoms with Crippen LogP contribution in [0.1, 0.15) is 20.3 Å². The van der Waals surface area contributed by atoms with Crippen molar-refractivity contribution in [1.29, 1.82) is 0 Å². The Morgan fingerprint density at radius 3 is 2.50 bits per heavy atom. The molecule has 0 aromatic rings. The molecule has 108 valence electrons. The van der Waals surface area contributed by atoms with Gasteiger partial charge in [-0.25, -0.2) is 4.72 Å².